The number of fused-ring (bicyclic) bond motifs is 1. The molecule has 0 saturated carbocycles. The Kier molecular flexibility index (Phi) is 3.66. The summed E-state index contributed by atoms with van der Waals surface area (Å²) in [5.41, 5.74) is 0.751. The molecule has 2 heterocycles. The van der Waals surface area contributed by atoms with Crippen LogP contribution in [0.3, 0.4) is 0 Å². The van der Waals surface area contributed by atoms with Gasteiger partial charge in [-0.2, -0.15) is 0 Å². The fourth-order valence-corrected chi connectivity index (χ4v) is 2.84. The molecule has 1 aliphatic rings. The first-order valence-corrected chi connectivity index (χ1v) is 6.94. The largest absolute Gasteiger partial charge is 0.396 e. The third kappa shape index (κ3) is 2.64. The maximum atomic E-state index is 10.9. The molecule has 0 bridgehead atoms. The molecule has 0 spiro atoms. The number of rotatable bonds is 4. The summed E-state index contributed by atoms with van der Waals surface area (Å²) in [6, 6.07) is 4.64. The van der Waals surface area contributed by atoms with Crippen molar-refractivity contribution in [3.8, 4) is 0 Å². The van der Waals surface area contributed by atoms with Gasteiger partial charge in [0.15, 0.2) is 0 Å². The van der Waals surface area contributed by atoms with Crippen molar-refractivity contribution in [2.45, 2.75) is 12.8 Å². The molecule has 2 aromatic rings. The number of aliphatic hydroxyl groups excluding tert-OH is 1. The van der Waals surface area contributed by atoms with Crippen LogP contribution in [0, 0.1) is 16.0 Å². The summed E-state index contributed by atoms with van der Waals surface area (Å²) in [4.78, 5) is 21.1. The minimum Gasteiger partial charge on any atom is -0.396 e. The van der Waals surface area contributed by atoms with Crippen LogP contribution in [0.15, 0.2) is 24.5 Å². The van der Waals surface area contributed by atoms with Gasteiger partial charge in [-0.25, -0.2) is 9.97 Å². The Morgan fingerprint density at radius 2 is 2.29 bits per heavy atom. The summed E-state index contributed by atoms with van der Waals surface area (Å²) in [5.74, 6) is 1.18. The first-order chi connectivity index (χ1) is 10.2. The van der Waals surface area contributed by atoms with Crippen molar-refractivity contribution in [2.24, 2.45) is 5.92 Å². The van der Waals surface area contributed by atoms with Gasteiger partial charge in [-0.15, -0.1) is 0 Å². The quantitative estimate of drug-likeness (QED) is 0.680. The molecular weight excluding hydrogens is 272 g/mol. The van der Waals surface area contributed by atoms with Gasteiger partial charge in [-0.1, -0.05) is 0 Å². The Hall–Kier alpha value is -2.28. The van der Waals surface area contributed by atoms with E-state index in [0.717, 1.165) is 31.7 Å². The van der Waals surface area contributed by atoms with E-state index in [1.807, 2.05) is 0 Å². The number of aromatic nitrogens is 2. The number of non-ortho nitro benzene ring substituents is 1. The molecule has 0 radical (unpaired) electrons. The Bertz CT molecular complexity index is 676. The van der Waals surface area contributed by atoms with Crippen LogP contribution in [0.5, 0.6) is 0 Å². The van der Waals surface area contributed by atoms with Crippen molar-refractivity contribution in [3.05, 3.63) is 34.6 Å². The van der Waals surface area contributed by atoms with Gasteiger partial charge in [0.2, 0.25) is 0 Å². The Balaban J connectivity index is 1.98. The molecule has 21 heavy (non-hydrogen) atoms. The van der Waals surface area contributed by atoms with E-state index in [9.17, 15) is 10.1 Å². The molecular formula is C14H16N4O3. The lowest BCUT2D eigenvalue weighted by Crippen LogP contribution is -2.21. The molecule has 1 saturated heterocycles. The molecule has 7 heteroatoms. The van der Waals surface area contributed by atoms with Gasteiger partial charge >= 0.3 is 0 Å². The number of nitro benzene ring substituents is 1. The van der Waals surface area contributed by atoms with E-state index in [0.29, 0.717) is 16.8 Å². The zero-order valence-electron chi connectivity index (χ0n) is 11.5. The fraction of sp³-hybridized carbons (Fsp3) is 0.429. The number of aliphatic hydroxyl groups is 1. The Morgan fingerprint density at radius 1 is 1.43 bits per heavy atom. The Labute approximate surface area is 121 Å². The van der Waals surface area contributed by atoms with Crippen LogP contribution in [0.1, 0.15) is 12.8 Å². The highest BCUT2D eigenvalue weighted by atomic mass is 16.6. The lowest BCUT2D eigenvalue weighted by atomic mass is 10.1. The van der Waals surface area contributed by atoms with Crippen molar-refractivity contribution in [1.82, 2.24) is 9.97 Å². The zero-order valence-corrected chi connectivity index (χ0v) is 11.5. The smallest absolute Gasteiger partial charge is 0.270 e. The summed E-state index contributed by atoms with van der Waals surface area (Å²) >= 11 is 0. The molecule has 1 fully saturated rings. The van der Waals surface area contributed by atoms with Gasteiger partial charge in [-0.05, 0) is 24.8 Å². The number of benzene rings is 1. The summed E-state index contributed by atoms with van der Waals surface area (Å²) in [7, 11) is 0. The van der Waals surface area contributed by atoms with Crippen molar-refractivity contribution < 1.29 is 10.0 Å². The minimum atomic E-state index is -0.408. The maximum absolute atomic E-state index is 10.9. The summed E-state index contributed by atoms with van der Waals surface area (Å²) < 4.78 is 0. The van der Waals surface area contributed by atoms with E-state index in [-0.39, 0.29) is 12.3 Å². The highest BCUT2D eigenvalue weighted by Gasteiger charge is 2.25. The van der Waals surface area contributed by atoms with Gasteiger partial charge in [0.25, 0.3) is 5.69 Å². The summed E-state index contributed by atoms with van der Waals surface area (Å²) in [6.07, 6.45) is 3.27. The lowest BCUT2D eigenvalue weighted by Gasteiger charge is -2.18. The second kappa shape index (κ2) is 5.61. The van der Waals surface area contributed by atoms with Crippen LogP contribution in [-0.2, 0) is 0 Å². The van der Waals surface area contributed by atoms with Crippen molar-refractivity contribution >= 4 is 22.4 Å². The predicted octanol–water partition coefficient (Wildman–Crippen LogP) is 1.75. The highest BCUT2D eigenvalue weighted by molar-refractivity contribution is 5.91. The molecule has 1 N–H and O–H groups in total. The summed E-state index contributed by atoms with van der Waals surface area (Å²) in [6.45, 7) is 1.85. The molecule has 1 aromatic carbocycles. The van der Waals surface area contributed by atoms with Crippen LogP contribution in [0.2, 0.25) is 0 Å². The van der Waals surface area contributed by atoms with E-state index in [1.165, 1.54) is 18.5 Å². The molecule has 0 amide bonds. The van der Waals surface area contributed by atoms with Gasteiger partial charge < -0.3 is 10.0 Å². The van der Waals surface area contributed by atoms with Crippen LogP contribution < -0.4 is 4.90 Å². The number of nitrogens with zero attached hydrogens (tertiary/aromatic N) is 4. The minimum absolute atomic E-state index is 0.0460. The van der Waals surface area contributed by atoms with E-state index in [4.69, 9.17) is 5.11 Å². The topological polar surface area (TPSA) is 92.4 Å². The number of nitro groups is 1. The second-order valence-corrected chi connectivity index (χ2v) is 5.27. The van der Waals surface area contributed by atoms with Crippen molar-refractivity contribution in [2.75, 3.05) is 24.6 Å². The van der Waals surface area contributed by atoms with E-state index < -0.39 is 4.92 Å². The molecule has 1 unspecified atom stereocenters. The SMILES string of the molecule is O=[N+]([O-])c1ccc2ncnc(N3CCC(CCO)C3)c2c1. The Morgan fingerprint density at radius 3 is 3.05 bits per heavy atom. The van der Waals surface area contributed by atoms with Crippen molar-refractivity contribution in [1.29, 1.82) is 0 Å². The first-order valence-electron chi connectivity index (χ1n) is 6.94. The average Bonchev–Trinajstić information content (AvgIpc) is 2.95. The van der Waals surface area contributed by atoms with Gasteiger partial charge in [0.1, 0.15) is 12.1 Å². The molecule has 1 aromatic heterocycles. The molecule has 3 rings (SSSR count). The normalized spacial score (nSPS) is 18.3. The third-order valence-corrected chi connectivity index (χ3v) is 3.93. The molecule has 110 valence electrons. The number of hydrogen-bond donors (Lipinski definition) is 1. The summed E-state index contributed by atoms with van der Waals surface area (Å²) in [5, 5.41) is 20.7. The molecule has 7 nitrogen and oxygen atoms in total. The van der Waals surface area contributed by atoms with E-state index in [1.54, 1.807) is 6.07 Å². The molecule has 1 aliphatic heterocycles. The predicted molar refractivity (Wildman–Crippen MR) is 78.2 cm³/mol. The monoisotopic (exact) mass is 288 g/mol. The first kappa shape index (κ1) is 13.7. The lowest BCUT2D eigenvalue weighted by molar-refractivity contribution is -0.384. The average molecular weight is 288 g/mol. The van der Waals surface area contributed by atoms with Crippen LogP contribution in [0.25, 0.3) is 10.9 Å². The van der Waals surface area contributed by atoms with Crippen molar-refractivity contribution in [3.63, 3.8) is 0 Å². The highest BCUT2D eigenvalue weighted by Crippen LogP contribution is 2.31. The third-order valence-electron chi connectivity index (χ3n) is 3.93. The van der Waals surface area contributed by atoms with Gasteiger partial charge in [0.05, 0.1) is 10.4 Å². The number of anilines is 1. The van der Waals surface area contributed by atoms with Crippen LogP contribution in [-0.4, -0.2) is 39.7 Å². The van der Waals surface area contributed by atoms with Gasteiger partial charge in [-0.3, -0.25) is 10.1 Å². The maximum Gasteiger partial charge on any atom is 0.270 e. The fourth-order valence-electron chi connectivity index (χ4n) is 2.84. The van der Waals surface area contributed by atoms with E-state index >= 15 is 0 Å². The molecule has 0 aliphatic carbocycles. The van der Waals surface area contributed by atoms with E-state index in [2.05, 4.69) is 14.9 Å². The molecule has 1 atom stereocenters. The van der Waals surface area contributed by atoms with Crippen LogP contribution in [0.4, 0.5) is 11.5 Å². The van der Waals surface area contributed by atoms with Gasteiger partial charge in [0, 0.05) is 37.2 Å². The zero-order chi connectivity index (χ0) is 14.8. The second-order valence-electron chi connectivity index (χ2n) is 5.27. The standard InChI is InChI=1S/C14H16N4O3/c19-6-4-10-3-5-17(8-10)14-12-7-11(18(20)21)1-2-13(12)15-9-16-14/h1-2,7,9-10,19H,3-6,8H2. The number of hydrogen-bond acceptors (Lipinski definition) is 6. The van der Waals surface area contributed by atoms with Crippen LogP contribution >= 0.6 is 0 Å².